The largest absolute Gasteiger partial charge is 0.366 e. The number of hydrogen-bond acceptors (Lipinski definition) is 7. The third kappa shape index (κ3) is 2.86. The maximum atomic E-state index is 12.1. The molecule has 0 aliphatic rings. The fourth-order valence-corrected chi connectivity index (χ4v) is 3.10. The molecule has 0 saturated heterocycles. The summed E-state index contributed by atoms with van der Waals surface area (Å²) in [6.07, 6.45) is 2.45. The lowest BCUT2D eigenvalue weighted by atomic mass is 10.00. The average Bonchev–Trinajstić information content (AvgIpc) is 3.07. The number of sulfone groups is 1. The van der Waals surface area contributed by atoms with Crippen LogP contribution in [-0.2, 0) is 9.84 Å². The summed E-state index contributed by atoms with van der Waals surface area (Å²) < 4.78 is 24.1. The molecule has 3 rings (SSSR count). The van der Waals surface area contributed by atoms with Crippen LogP contribution >= 0.6 is 0 Å². The number of nitrogens with zero attached hydrogens (tertiary/aromatic N) is 4. The average molecular weight is 344 g/mol. The second kappa shape index (κ2) is 5.81. The highest BCUT2D eigenvalue weighted by Crippen LogP contribution is 2.33. The Balaban J connectivity index is 2.27. The van der Waals surface area contributed by atoms with E-state index in [9.17, 15) is 13.2 Å². The number of aromatic nitrogens is 5. The van der Waals surface area contributed by atoms with Crippen molar-refractivity contribution in [3.8, 4) is 22.5 Å². The predicted molar refractivity (Wildman–Crippen MR) is 84.5 cm³/mol. The van der Waals surface area contributed by atoms with Crippen LogP contribution in [0.1, 0.15) is 10.4 Å². The zero-order valence-corrected chi connectivity index (χ0v) is 13.3. The second-order valence-corrected chi connectivity index (χ2v) is 6.93. The zero-order chi connectivity index (χ0) is 17.3. The minimum Gasteiger partial charge on any atom is -0.366 e. The molecule has 0 unspecified atom stereocenters. The molecule has 3 aromatic rings. The maximum Gasteiger partial charge on any atom is 0.248 e. The lowest BCUT2D eigenvalue weighted by molar-refractivity contribution is 0.100. The topological polar surface area (TPSA) is 145 Å². The van der Waals surface area contributed by atoms with Crippen molar-refractivity contribution in [1.82, 2.24) is 25.6 Å². The van der Waals surface area contributed by atoms with Gasteiger partial charge in [-0.1, -0.05) is 12.1 Å². The first-order valence-electron chi connectivity index (χ1n) is 6.71. The fourth-order valence-electron chi connectivity index (χ4n) is 2.27. The van der Waals surface area contributed by atoms with E-state index in [1.165, 1.54) is 6.20 Å². The summed E-state index contributed by atoms with van der Waals surface area (Å²) in [6, 6.07) is 8.08. The number of rotatable bonds is 4. The van der Waals surface area contributed by atoms with Crippen molar-refractivity contribution in [1.29, 1.82) is 0 Å². The van der Waals surface area contributed by atoms with Crippen molar-refractivity contribution in [2.45, 2.75) is 5.03 Å². The predicted octanol–water partition coefficient (Wildman–Crippen LogP) is 0.431. The van der Waals surface area contributed by atoms with Crippen molar-refractivity contribution >= 4 is 15.7 Å². The number of nitrogens with two attached hydrogens (primary N) is 1. The Bertz CT molecular complexity index is 997. The maximum absolute atomic E-state index is 12.1. The SMILES string of the molecule is CS(=O)(=O)c1nccc(-c2ccc(C(N)=O)cc2)c1-c1nnn[nH]1. The first-order chi connectivity index (χ1) is 11.4. The number of carbonyl (C=O) groups is 1. The van der Waals surface area contributed by atoms with Gasteiger partial charge >= 0.3 is 0 Å². The number of aromatic amines is 1. The molecule has 2 heterocycles. The third-order valence-corrected chi connectivity index (χ3v) is 4.34. The summed E-state index contributed by atoms with van der Waals surface area (Å²) in [4.78, 5) is 15.1. The summed E-state index contributed by atoms with van der Waals surface area (Å²) in [5, 5.41) is 13.2. The standard InChI is InChI=1S/C14H12N6O3S/c1-24(22,23)14-11(13-17-19-20-18-13)10(6-7-16-14)8-2-4-9(5-3-8)12(15)21/h2-7H,1H3,(H2,15,21)(H,17,18,19,20). The molecule has 0 aliphatic heterocycles. The highest BCUT2D eigenvalue weighted by Gasteiger charge is 2.23. The Hall–Kier alpha value is -3.14. The molecule has 24 heavy (non-hydrogen) atoms. The molecular weight excluding hydrogens is 332 g/mol. The van der Waals surface area contributed by atoms with Gasteiger partial charge in [0.1, 0.15) is 0 Å². The Morgan fingerprint density at radius 2 is 1.88 bits per heavy atom. The summed E-state index contributed by atoms with van der Waals surface area (Å²) >= 11 is 0. The monoisotopic (exact) mass is 344 g/mol. The lowest BCUT2D eigenvalue weighted by Gasteiger charge is -2.11. The quantitative estimate of drug-likeness (QED) is 0.698. The van der Waals surface area contributed by atoms with Crippen molar-refractivity contribution in [3.05, 3.63) is 42.1 Å². The normalized spacial score (nSPS) is 11.4. The third-order valence-electron chi connectivity index (χ3n) is 3.33. The molecule has 0 bridgehead atoms. The van der Waals surface area contributed by atoms with Gasteiger partial charge in [-0.05, 0) is 39.8 Å². The lowest BCUT2D eigenvalue weighted by Crippen LogP contribution is -2.10. The van der Waals surface area contributed by atoms with E-state index in [2.05, 4.69) is 25.6 Å². The molecule has 2 aromatic heterocycles. The second-order valence-electron chi connectivity index (χ2n) is 5.00. The van der Waals surface area contributed by atoms with Crippen molar-refractivity contribution in [3.63, 3.8) is 0 Å². The van der Waals surface area contributed by atoms with E-state index in [0.29, 0.717) is 16.7 Å². The van der Waals surface area contributed by atoms with Gasteiger partial charge in [-0.25, -0.2) is 18.5 Å². The van der Waals surface area contributed by atoms with E-state index in [-0.39, 0.29) is 16.4 Å². The number of benzene rings is 1. The number of primary amides is 1. The molecule has 10 heteroatoms. The summed E-state index contributed by atoms with van der Waals surface area (Å²) in [5.41, 5.74) is 7.06. The van der Waals surface area contributed by atoms with Crippen LogP contribution in [0.25, 0.3) is 22.5 Å². The van der Waals surface area contributed by atoms with E-state index in [0.717, 1.165) is 6.26 Å². The van der Waals surface area contributed by atoms with Crippen LogP contribution in [0.2, 0.25) is 0 Å². The van der Waals surface area contributed by atoms with Crippen LogP contribution < -0.4 is 5.73 Å². The van der Waals surface area contributed by atoms with Crippen LogP contribution in [0.15, 0.2) is 41.6 Å². The van der Waals surface area contributed by atoms with E-state index < -0.39 is 15.7 Å². The molecule has 1 aromatic carbocycles. The molecule has 0 atom stereocenters. The van der Waals surface area contributed by atoms with Gasteiger partial charge in [-0.2, -0.15) is 0 Å². The van der Waals surface area contributed by atoms with E-state index >= 15 is 0 Å². The van der Waals surface area contributed by atoms with Crippen LogP contribution in [0, 0.1) is 0 Å². The smallest absolute Gasteiger partial charge is 0.248 e. The highest BCUT2D eigenvalue weighted by molar-refractivity contribution is 7.90. The Kier molecular flexibility index (Phi) is 3.81. The summed E-state index contributed by atoms with van der Waals surface area (Å²) in [6.45, 7) is 0. The number of tetrazole rings is 1. The zero-order valence-electron chi connectivity index (χ0n) is 12.5. The molecular formula is C14H12N6O3S. The molecule has 0 fully saturated rings. The first kappa shape index (κ1) is 15.7. The van der Waals surface area contributed by atoms with Crippen molar-refractivity contribution in [2.75, 3.05) is 6.26 Å². The van der Waals surface area contributed by atoms with Gasteiger partial charge in [0.05, 0.1) is 5.56 Å². The van der Waals surface area contributed by atoms with Gasteiger partial charge in [0, 0.05) is 18.0 Å². The Morgan fingerprint density at radius 1 is 1.17 bits per heavy atom. The molecule has 1 amide bonds. The highest BCUT2D eigenvalue weighted by atomic mass is 32.2. The fraction of sp³-hybridized carbons (Fsp3) is 0.0714. The Morgan fingerprint density at radius 3 is 2.42 bits per heavy atom. The van der Waals surface area contributed by atoms with Crippen LogP contribution in [0.5, 0.6) is 0 Å². The molecule has 3 N–H and O–H groups in total. The van der Waals surface area contributed by atoms with Gasteiger partial charge in [0.25, 0.3) is 0 Å². The van der Waals surface area contributed by atoms with E-state index in [1.54, 1.807) is 30.3 Å². The summed E-state index contributed by atoms with van der Waals surface area (Å²) in [5.74, 6) is -0.370. The molecule has 122 valence electrons. The minimum absolute atomic E-state index is 0.141. The number of nitrogens with one attached hydrogen (secondary N) is 1. The van der Waals surface area contributed by atoms with Crippen molar-refractivity contribution in [2.24, 2.45) is 5.73 Å². The molecule has 9 nitrogen and oxygen atoms in total. The van der Waals surface area contributed by atoms with Gasteiger partial charge in [0.2, 0.25) is 5.91 Å². The van der Waals surface area contributed by atoms with Gasteiger partial charge in [-0.15, -0.1) is 5.10 Å². The molecule has 0 spiro atoms. The number of carbonyl (C=O) groups excluding carboxylic acids is 1. The molecule has 0 aliphatic carbocycles. The van der Waals surface area contributed by atoms with E-state index in [4.69, 9.17) is 5.73 Å². The van der Waals surface area contributed by atoms with Gasteiger partial charge in [0.15, 0.2) is 20.7 Å². The van der Waals surface area contributed by atoms with Crippen LogP contribution in [-0.4, -0.2) is 46.2 Å². The number of amides is 1. The van der Waals surface area contributed by atoms with Gasteiger partial charge in [-0.3, -0.25) is 4.79 Å². The number of H-pyrrole nitrogens is 1. The first-order valence-corrected chi connectivity index (χ1v) is 8.60. The van der Waals surface area contributed by atoms with Gasteiger partial charge < -0.3 is 5.73 Å². The van der Waals surface area contributed by atoms with Crippen molar-refractivity contribution < 1.29 is 13.2 Å². The van der Waals surface area contributed by atoms with E-state index in [1.807, 2.05) is 0 Å². The van der Waals surface area contributed by atoms with Crippen LogP contribution in [0.3, 0.4) is 0 Å². The van der Waals surface area contributed by atoms with Crippen LogP contribution in [0.4, 0.5) is 0 Å². The number of pyridine rings is 1. The minimum atomic E-state index is -3.61. The molecule has 0 saturated carbocycles. The Labute approximate surface area is 136 Å². The molecule has 0 radical (unpaired) electrons. The summed E-state index contributed by atoms with van der Waals surface area (Å²) in [7, 11) is -3.61. The number of hydrogen-bond donors (Lipinski definition) is 2.